The lowest BCUT2D eigenvalue weighted by atomic mass is 10.1. The fourth-order valence-corrected chi connectivity index (χ4v) is 1.79. The molecule has 5 heteroatoms. The monoisotopic (exact) mass is 230 g/mol. The summed E-state index contributed by atoms with van der Waals surface area (Å²) in [6, 6.07) is 5.84. The molecule has 0 spiro atoms. The summed E-state index contributed by atoms with van der Waals surface area (Å²) in [6.45, 7) is 0. The zero-order valence-electron chi connectivity index (χ0n) is 7.60. The molecule has 1 aromatic carbocycles. The number of Topliss-reactive ketones (excluding diaryl/α,β-unsaturated/α-hetero) is 1. The number of carbonyl (C=O) groups excluding carboxylic acids is 1. The van der Waals surface area contributed by atoms with Crippen molar-refractivity contribution < 1.29 is 13.2 Å². The van der Waals surface area contributed by atoms with E-state index in [4.69, 9.17) is 0 Å². The maximum atomic E-state index is 11.1. The number of carbonyl (C=O) groups is 1. The first-order valence-electron chi connectivity index (χ1n) is 3.89. The van der Waals surface area contributed by atoms with Gasteiger partial charge in [0.05, 0.1) is 10.6 Å². The first-order valence-corrected chi connectivity index (χ1v) is 6.41. The molecule has 0 saturated carbocycles. The summed E-state index contributed by atoms with van der Waals surface area (Å²) in [5, 5.41) is 0. The predicted molar refractivity (Wildman–Crippen MR) is 57.7 cm³/mol. The van der Waals surface area contributed by atoms with Gasteiger partial charge in [0, 0.05) is 11.8 Å². The zero-order chi connectivity index (χ0) is 10.8. The van der Waals surface area contributed by atoms with Gasteiger partial charge in [0.15, 0.2) is 15.6 Å². The Balaban J connectivity index is 3.07. The van der Waals surface area contributed by atoms with Crippen molar-refractivity contribution in [2.45, 2.75) is 4.90 Å². The van der Waals surface area contributed by atoms with Crippen molar-refractivity contribution in [3.63, 3.8) is 0 Å². The number of benzene rings is 1. The van der Waals surface area contributed by atoms with Crippen molar-refractivity contribution in [3.05, 3.63) is 29.8 Å². The number of hydrogen-bond donors (Lipinski definition) is 1. The highest BCUT2D eigenvalue weighted by molar-refractivity contribution is 7.90. The second-order valence-electron chi connectivity index (χ2n) is 2.88. The van der Waals surface area contributed by atoms with Crippen LogP contribution in [0.4, 0.5) is 0 Å². The normalized spacial score (nSPS) is 11.3. The van der Waals surface area contributed by atoms with Gasteiger partial charge in [-0.05, 0) is 12.1 Å². The molecule has 76 valence electrons. The maximum Gasteiger partial charge on any atom is 0.175 e. The Kier molecular flexibility index (Phi) is 3.34. The quantitative estimate of drug-likeness (QED) is 0.627. The molecule has 0 amide bonds. The van der Waals surface area contributed by atoms with Crippen molar-refractivity contribution in [2.24, 2.45) is 0 Å². The molecule has 0 saturated heterocycles. The van der Waals surface area contributed by atoms with E-state index in [1.807, 2.05) is 0 Å². The van der Waals surface area contributed by atoms with Gasteiger partial charge in [-0.3, -0.25) is 4.79 Å². The molecule has 0 aliphatic heterocycles. The lowest BCUT2D eigenvalue weighted by Crippen LogP contribution is -2.02. The van der Waals surface area contributed by atoms with E-state index in [1.165, 1.54) is 24.3 Å². The summed E-state index contributed by atoms with van der Waals surface area (Å²) < 4.78 is 22.2. The van der Waals surface area contributed by atoms with E-state index >= 15 is 0 Å². The average Bonchev–Trinajstić information content (AvgIpc) is 2.15. The Hall–Kier alpha value is -0.810. The molecule has 0 atom stereocenters. The van der Waals surface area contributed by atoms with Gasteiger partial charge >= 0.3 is 0 Å². The fraction of sp³-hybridized carbons (Fsp3) is 0.222. The molecular formula is C9H10O3S2. The topological polar surface area (TPSA) is 51.2 Å². The van der Waals surface area contributed by atoms with Gasteiger partial charge in [0.1, 0.15) is 0 Å². The van der Waals surface area contributed by atoms with Crippen molar-refractivity contribution >= 4 is 28.2 Å². The lowest BCUT2D eigenvalue weighted by molar-refractivity contribution is 0.102. The molecular weight excluding hydrogens is 220 g/mol. The van der Waals surface area contributed by atoms with Crippen LogP contribution in [0.1, 0.15) is 10.4 Å². The first kappa shape index (κ1) is 11.3. The molecule has 0 fully saturated rings. The molecule has 0 bridgehead atoms. The summed E-state index contributed by atoms with van der Waals surface area (Å²) >= 11 is 3.84. The van der Waals surface area contributed by atoms with Crippen molar-refractivity contribution in [2.75, 3.05) is 12.0 Å². The Morgan fingerprint density at radius 2 is 1.79 bits per heavy atom. The van der Waals surface area contributed by atoms with Crippen LogP contribution in [-0.4, -0.2) is 26.2 Å². The van der Waals surface area contributed by atoms with Crippen LogP contribution in [0.15, 0.2) is 29.2 Å². The highest BCUT2D eigenvalue weighted by Gasteiger charge is 2.08. The molecule has 14 heavy (non-hydrogen) atoms. The molecule has 1 rings (SSSR count). The number of sulfone groups is 1. The third-order valence-electron chi connectivity index (χ3n) is 1.75. The lowest BCUT2D eigenvalue weighted by Gasteiger charge is -1.99. The van der Waals surface area contributed by atoms with Crippen LogP contribution in [-0.2, 0) is 9.84 Å². The zero-order valence-corrected chi connectivity index (χ0v) is 9.31. The fourth-order valence-electron chi connectivity index (χ4n) is 0.979. The first-order chi connectivity index (χ1) is 6.45. The Bertz CT molecular complexity index is 432. The molecule has 0 aliphatic carbocycles. The van der Waals surface area contributed by atoms with E-state index in [9.17, 15) is 13.2 Å². The van der Waals surface area contributed by atoms with Crippen LogP contribution in [0.25, 0.3) is 0 Å². The molecule has 0 heterocycles. The molecule has 0 N–H and O–H groups in total. The Labute approximate surface area is 88.5 Å². The largest absolute Gasteiger partial charge is 0.293 e. The van der Waals surface area contributed by atoms with E-state index < -0.39 is 9.84 Å². The average molecular weight is 230 g/mol. The summed E-state index contributed by atoms with van der Waals surface area (Å²) in [6.07, 6.45) is 1.13. The van der Waals surface area contributed by atoms with Gasteiger partial charge in [-0.25, -0.2) is 8.42 Å². The van der Waals surface area contributed by atoms with E-state index in [0.717, 1.165) is 6.26 Å². The molecule has 0 aliphatic rings. The summed E-state index contributed by atoms with van der Waals surface area (Å²) in [5.41, 5.74) is 0.479. The van der Waals surface area contributed by atoms with Gasteiger partial charge in [-0.15, -0.1) is 0 Å². The van der Waals surface area contributed by atoms with Crippen LogP contribution < -0.4 is 0 Å². The van der Waals surface area contributed by atoms with Gasteiger partial charge in [0.2, 0.25) is 0 Å². The van der Waals surface area contributed by atoms with Crippen LogP contribution in [0.2, 0.25) is 0 Å². The summed E-state index contributed by atoms with van der Waals surface area (Å²) in [4.78, 5) is 11.4. The number of rotatable bonds is 3. The molecule has 0 aromatic heterocycles. The SMILES string of the molecule is CS(=O)(=O)c1ccc(C(=O)CS)cc1. The van der Waals surface area contributed by atoms with Crippen LogP contribution in [0, 0.1) is 0 Å². The third kappa shape index (κ3) is 2.59. The van der Waals surface area contributed by atoms with Crippen LogP contribution >= 0.6 is 12.6 Å². The van der Waals surface area contributed by atoms with Crippen LogP contribution in [0.5, 0.6) is 0 Å². The van der Waals surface area contributed by atoms with Crippen LogP contribution in [0.3, 0.4) is 0 Å². The standard InChI is InChI=1S/C9H10O3S2/c1-14(11,12)8-4-2-7(3-5-8)9(10)6-13/h2-5,13H,6H2,1H3. The Morgan fingerprint density at radius 1 is 1.29 bits per heavy atom. The smallest absolute Gasteiger partial charge is 0.175 e. The number of hydrogen-bond acceptors (Lipinski definition) is 4. The molecule has 1 aromatic rings. The van der Waals surface area contributed by atoms with Crippen molar-refractivity contribution in [1.82, 2.24) is 0 Å². The highest BCUT2D eigenvalue weighted by atomic mass is 32.2. The minimum absolute atomic E-state index is 0.117. The minimum Gasteiger partial charge on any atom is -0.293 e. The van der Waals surface area contributed by atoms with Crippen molar-refractivity contribution in [3.8, 4) is 0 Å². The predicted octanol–water partition coefficient (Wildman–Crippen LogP) is 1.20. The second-order valence-corrected chi connectivity index (χ2v) is 5.21. The van der Waals surface area contributed by atoms with E-state index in [-0.39, 0.29) is 16.4 Å². The maximum absolute atomic E-state index is 11.1. The van der Waals surface area contributed by atoms with Crippen molar-refractivity contribution in [1.29, 1.82) is 0 Å². The Morgan fingerprint density at radius 3 is 2.14 bits per heavy atom. The van der Waals surface area contributed by atoms with Gasteiger partial charge < -0.3 is 0 Å². The summed E-state index contributed by atoms with van der Waals surface area (Å²) in [5.74, 6) is 0.00600. The van der Waals surface area contributed by atoms with Gasteiger partial charge in [-0.2, -0.15) is 12.6 Å². The second kappa shape index (κ2) is 4.14. The van der Waals surface area contributed by atoms with E-state index in [0.29, 0.717) is 5.56 Å². The van der Waals surface area contributed by atoms with E-state index in [2.05, 4.69) is 12.6 Å². The van der Waals surface area contributed by atoms with E-state index in [1.54, 1.807) is 0 Å². The minimum atomic E-state index is -3.18. The number of ketones is 1. The van der Waals surface area contributed by atoms with Gasteiger partial charge in [-0.1, -0.05) is 12.1 Å². The molecule has 3 nitrogen and oxygen atoms in total. The summed E-state index contributed by atoms with van der Waals surface area (Å²) in [7, 11) is -3.18. The number of thiol groups is 1. The highest BCUT2D eigenvalue weighted by Crippen LogP contribution is 2.10. The third-order valence-corrected chi connectivity index (χ3v) is 3.16. The molecule has 0 unspecified atom stereocenters. The molecule has 0 radical (unpaired) electrons. The van der Waals surface area contributed by atoms with Gasteiger partial charge in [0.25, 0.3) is 0 Å².